The Balaban J connectivity index is 1.81. The summed E-state index contributed by atoms with van der Waals surface area (Å²) in [4.78, 5) is 18.0. The Morgan fingerprint density at radius 3 is 2.70 bits per heavy atom. The number of carbonyl (C=O) groups is 1. The molecule has 0 aliphatic carbocycles. The van der Waals surface area contributed by atoms with Crippen LogP contribution in [0.4, 0.5) is 5.69 Å². The van der Waals surface area contributed by atoms with Gasteiger partial charge in [0.1, 0.15) is 0 Å². The predicted octanol–water partition coefficient (Wildman–Crippen LogP) is 4.40. The van der Waals surface area contributed by atoms with E-state index in [1.165, 1.54) is 11.8 Å². The molecule has 20 heavy (non-hydrogen) atoms. The lowest BCUT2D eigenvalue weighted by molar-refractivity contribution is -0.115. The summed E-state index contributed by atoms with van der Waals surface area (Å²) in [6.45, 7) is 0. The van der Waals surface area contributed by atoms with Crippen LogP contribution in [0.3, 0.4) is 0 Å². The zero-order valence-corrected chi connectivity index (χ0v) is 13.4. The van der Waals surface area contributed by atoms with Gasteiger partial charge in [-0.05, 0) is 53.5 Å². The number of hydrogen-bond donors (Lipinski definition) is 1. The first-order valence-electron chi connectivity index (χ1n) is 5.79. The Bertz CT molecular complexity index is 690. The topological polar surface area (TPSA) is 41.5 Å². The molecular formula is C14H9BrN2OS2. The molecule has 1 amide bonds. The molecule has 1 N–H and O–H groups in total. The van der Waals surface area contributed by atoms with E-state index in [0.717, 1.165) is 15.0 Å². The van der Waals surface area contributed by atoms with E-state index in [1.54, 1.807) is 11.3 Å². The van der Waals surface area contributed by atoms with Crippen LogP contribution in [0.2, 0.25) is 0 Å². The van der Waals surface area contributed by atoms with E-state index in [9.17, 15) is 4.79 Å². The second-order valence-corrected chi connectivity index (χ2v) is 6.90. The molecule has 0 bridgehead atoms. The number of aliphatic imine (C=N–C) groups is 1. The standard InChI is InChI=1S/C14H9BrN2OS2/c15-9-3-5-10(6-4-9)16-14-17-13(18)12(20-14)8-11-2-1-7-19-11/h1-8H,(H,16,17,18)/b12-8-. The molecule has 1 aliphatic heterocycles. The minimum atomic E-state index is -0.0979. The molecule has 0 spiro atoms. The number of benzene rings is 1. The maximum Gasteiger partial charge on any atom is 0.264 e. The largest absolute Gasteiger partial charge is 0.300 e. The van der Waals surface area contributed by atoms with Crippen molar-refractivity contribution in [2.75, 3.05) is 0 Å². The van der Waals surface area contributed by atoms with Crippen LogP contribution in [0.1, 0.15) is 4.88 Å². The van der Waals surface area contributed by atoms with Gasteiger partial charge in [-0.1, -0.05) is 22.0 Å². The van der Waals surface area contributed by atoms with Gasteiger partial charge in [0.15, 0.2) is 5.17 Å². The Hall–Kier alpha value is -1.37. The van der Waals surface area contributed by atoms with Gasteiger partial charge in [-0.3, -0.25) is 4.79 Å². The Morgan fingerprint density at radius 1 is 1.20 bits per heavy atom. The van der Waals surface area contributed by atoms with Gasteiger partial charge in [-0.25, -0.2) is 4.99 Å². The first kappa shape index (κ1) is 13.6. The summed E-state index contributed by atoms with van der Waals surface area (Å²) in [5, 5.41) is 5.38. The number of carbonyl (C=O) groups excluding carboxylic acids is 1. The number of thioether (sulfide) groups is 1. The highest BCUT2D eigenvalue weighted by Crippen LogP contribution is 2.29. The van der Waals surface area contributed by atoms with E-state index in [2.05, 4.69) is 26.2 Å². The van der Waals surface area contributed by atoms with Gasteiger partial charge in [0.25, 0.3) is 5.91 Å². The van der Waals surface area contributed by atoms with Gasteiger partial charge in [0, 0.05) is 9.35 Å². The van der Waals surface area contributed by atoms with E-state index in [1.807, 2.05) is 47.9 Å². The zero-order valence-electron chi connectivity index (χ0n) is 10.2. The van der Waals surface area contributed by atoms with Crippen LogP contribution in [0.15, 0.2) is 56.1 Å². The molecule has 0 radical (unpaired) electrons. The van der Waals surface area contributed by atoms with Crippen molar-refractivity contribution < 1.29 is 4.79 Å². The maximum absolute atomic E-state index is 11.9. The summed E-state index contributed by atoms with van der Waals surface area (Å²) in [6, 6.07) is 11.6. The Labute approximate surface area is 132 Å². The van der Waals surface area contributed by atoms with Crippen LogP contribution >= 0.6 is 39.0 Å². The molecule has 0 atom stereocenters. The molecule has 1 aliphatic rings. The van der Waals surface area contributed by atoms with Gasteiger partial charge in [0.2, 0.25) is 0 Å². The van der Waals surface area contributed by atoms with Crippen molar-refractivity contribution in [2.24, 2.45) is 4.99 Å². The summed E-state index contributed by atoms with van der Waals surface area (Å²) in [5.41, 5.74) is 0.813. The number of thiophene rings is 1. The molecule has 1 aromatic carbocycles. The highest BCUT2D eigenvalue weighted by atomic mass is 79.9. The molecule has 2 heterocycles. The summed E-state index contributed by atoms with van der Waals surface area (Å²) in [5.74, 6) is -0.0979. The zero-order chi connectivity index (χ0) is 13.9. The van der Waals surface area contributed by atoms with Crippen molar-refractivity contribution in [1.82, 2.24) is 5.32 Å². The first-order chi connectivity index (χ1) is 9.70. The number of nitrogens with zero attached hydrogens (tertiary/aromatic N) is 1. The maximum atomic E-state index is 11.9. The van der Waals surface area contributed by atoms with E-state index >= 15 is 0 Å². The average Bonchev–Trinajstić information content (AvgIpc) is 3.04. The molecule has 6 heteroatoms. The monoisotopic (exact) mass is 364 g/mol. The third kappa shape index (κ3) is 3.20. The van der Waals surface area contributed by atoms with Crippen LogP contribution in [-0.2, 0) is 4.79 Å². The second kappa shape index (κ2) is 5.95. The molecule has 0 unspecified atom stereocenters. The predicted molar refractivity (Wildman–Crippen MR) is 89.3 cm³/mol. The third-order valence-corrected chi connectivity index (χ3v) is 4.78. The number of nitrogens with one attached hydrogen (secondary N) is 1. The highest BCUT2D eigenvalue weighted by molar-refractivity contribution is 9.10. The summed E-state index contributed by atoms with van der Waals surface area (Å²) >= 11 is 6.34. The van der Waals surface area contributed by atoms with Crippen LogP contribution in [0.25, 0.3) is 6.08 Å². The smallest absolute Gasteiger partial charge is 0.264 e. The molecule has 0 saturated carbocycles. The fourth-order valence-corrected chi connectivity index (χ4v) is 3.44. The average molecular weight is 365 g/mol. The van der Waals surface area contributed by atoms with E-state index < -0.39 is 0 Å². The van der Waals surface area contributed by atoms with Gasteiger partial charge >= 0.3 is 0 Å². The van der Waals surface area contributed by atoms with Crippen LogP contribution in [0.5, 0.6) is 0 Å². The quantitative estimate of drug-likeness (QED) is 0.802. The van der Waals surface area contributed by atoms with Crippen molar-refractivity contribution in [3.63, 3.8) is 0 Å². The van der Waals surface area contributed by atoms with Crippen LogP contribution in [-0.4, -0.2) is 11.1 Å². The van der Waals surface area contributed by atoms with Crippen molar-refractivity contribution in [3.8, 4) is 0 Å². The lowest BCUT2D eigenvalue weighted by Crippen LogP contribution is -2.19. The van der Waals surface area contributed by atoms with Crippen LogP contribution < -0.4 is 5.32 Å². The molecule has 1 aromatic heterocycles. The van der Waals surface area contributed by atoms with Crippen LogP contribution in [0, 0.1) is 0 Å². The lowest BCUT2D eigenvalue weighted by Gasteiger charge is -1.96. The highest BCUT2D eigenvalue weighted by Gasteiger charge is 2.23. The van der Waals surface area contributed by atoms with E-state index in [4.69, 9.17) is 0 Å². The number of hydrogen-bond acceptors (Lipinski definition) is 4. The third-order valence-electron chi connectivity index (χ3n) is 2.52. The lowest BCUT2D eigenvalue weighted by atomic mass is 10.3. The van der Waals surface area contributed by atoms with Crippen molar-refractivity contribution in [1.29, 1.82) is 0 Å². The van der Waals surface area contributed by atoms with Gasteiger partial charge in [-0.15, -0.1) is 11.3 Å². The first-order valence-corrected chi connectivity index (χ1v) is 8.28. The summed E-state index contributed by atoms with van der Waals surface area (Å²) < 4.78 is 1.00. The fraction of sp³-hybridized carbons (Fsp3) is 0. The number of halogens is 1. The molecule has 3 rings (SSSR count). The molecule has 1 fully saturated rings. The van der Waals surface area contributed by atoms with Gasteiger partial charge in [-0.2, -0.15) is 0 Å². The Morgan fingerprint density at radius 2 is 2.00 bits per heavy atom. The number of amidine groups is 1. The van der Waals surface area contributed by atoms with Crippen molar-refractivity contribution >= 4 is 61.9 Å². The van der Waals surface area contributed by atoms with E-state index in [0.29, 0.717) is 10.1 Å². The second-order valence-electron chi connectivity index (χ2n) is 3.97. The molecule has 2 aromatic rings. The molecule has 1 saturated heterocycles. The molecule has 100 valence electrons. The van der Waals surface area contributed by atoms with E-state index in [-0.39, 0.29) is 5.91 Å². The molecular weight excluding hydrogens is 356 g/mol. The fourth-order valence-electron chi connectivity index (χ4n) is 1.62. The minimum Gasteiger partial charge on any atom is -0.300 e. The summed E-state index contributed by atoms with van der Waals surface area (Å²) in [7, 11) is 0. The number of rotatable bonds is 2. The number of amides is 1. The van der Waals surface area contributed by atoms with Crippen molar-refractivity contribution in [2.45, 2.75) is 0 Å². The van der Waals surface area contributed by atoms with Crippen molar-refractivity contribution in [3.05, 3.63) is 56.0 Å². The van der Waals surface area contributed by atoms with Gasteiger partial charge in [0.05, 0.1) is 10.6 Å². The van der Waals surface area contributed by atoms with Gasteiger partial charge < -0.3 is 5.32 Å². The molecule has 3 nitrogen and oxygen atoms in total. The summed E-state index contributed by atoms with van der Waals surface area (Å²) in [6.07, 6.45) is 1.88. The SMILES string of the molecule is O=C1NC(=Nc2ccc(Br)cc2)S/C1=C\c1cccs1. The minimum absolute atomic E-state index is 0.0979. The Kier molecular flexibility index (Phi) is 4.05. The normalized spacial score (nSPS) is 18.8.